The van der Waals surface area contributed by atoms with Crippen LogP contribution in [0.5, 0.6) is 0 Å². The van der Waals surface area contributed by atoms with Crippen LogP contribution in [0.25, 0.3) is 11.5 Å². The third kappa shape index (κ3) is 3.39. The number of carbonyl (C=O) groups is 1. The molecule has 0 bridgehead atoms. The van der Waals surface area contributed by atoms with Gasteiger partial charge >= 0.3 is 5.97 Å². The molecule has 0 atom stereocenters. The third-order valence-corrected chi connectivity index (χ3v) is 3.13. The second kappa shape index (κ2) is 6.57. The molecule has 20 heavy (non-hydrogen) atoms. The fraction of sp³-hybridized carbons (Fsp3) is 0.333. The number of aromatic nitrogens is 1. The molecule has 1 heterocycles. The zero-order valence-electron chi connectivity index (χ0n) is 11.5. The molecule has 0 N–H and O–H groups in total. The summed E-state index contributed by atoms with van der Waals surface area (Å²) in [5.41, 5.74) is 2.50. The first-order valence-corrected chi connectivity index (χ1v) is 6.94. The number of benzene rings is 1. The number of alkyl halides is 1. The summed E-state index contributed by atoms with van der Waals surface area (Å²) in [4.78, 5) is 15.7. The van der Waals surface area contributed by atoms with E-state index in [1.807, 2.05) is 31.2 Å². The van der Waals surface area contributed by atoms with Crippen LogP contribution in [0, 0.1) is 6.92 Å². The summed E-state index contributed by atoms with van der Waals surface area (Å²) in [5.74, 6) is 1.37. The van der Waals surface area contributed by atoms with Gasteiger partial charge in [0.05, 0.1) is 24.6 Å². The van der Waals surface area contributed by atoms with Crippen LogP contribution in [0.4, 0.5) is 0 Å². The molecule has 0 aliphatic heterocycles. The minimum atomic E-state index is -0.225. The van der Waals surface area contributed by atoms with E-state index < -0.39 is 0 Å². The van der Waals surface area contributed by atoms with Crippen molar-refractivity contribution in [3.63, 3.8) is 0 Å². The molecule has 0 amide bonds. The highest BCUT2D eigenvalue weighted by Crippen LogP contribution is 2.23. The normalized spacial score (nSPS) is 10.6. The number of nitrogens with zero attached hydrogens (tertiary/aromatic N) is 1. The van der Waals surface area contributed by atoms with E-state index in [4.69, 9.17) is 20.8 Å². The van der Waals surface area contributed by atoms with Gasteiger partial charge in [0.1, 0.15) is 5.76 Å². The van der Waals surface area contributed by atoms with Gasteiger partial charge in [0.25, 0.3) is 0 Å². The van der Waals surface area contributed by atoms with Crippen molar-refractivity contribution in [2.45, 2.75) is 26.1 Å². The first-order valence-electron chi connectivity index (χ1n) is 6.41. The topological polar surface area (TPSA) is 52.3 Å². The van der Waals surface area contributed by atoms with Gasteiger partial charge < -0.3 is 9.15 Å². The molecular formula is C15H16ClNO3. The molecule has 0 saturated carbocycles. The van der Waals surface area contributed by atoms with Gasteiger partial charge in [-0.1, -0.05) is 12.1 Å². The van der Waals surface area contributed by atoms with Gasteiger partial charge in [-0.15, -0.1) is 11.6 Å². The average Bonchev–Trinajstić information content (AvgIpc) is 2.81. The Labute approximate surface area is 122 Å². The minimum absolute atomic E-state index is 0.225. The number of carbonyl (C=O) groups excluding carboxylic acids is 1. The van der Waals surface area contributed by atoms with Crippen molar-refractivity contribution < 1.29 is 13.9 Å². The highest BCUT2D eigenvalue weighted by molar-refractivity contribution is 6.16. The molecule has 2 rings (SSSR count). The number of hydrogen-bond acceptors (Lipinski definition) is 4. The molecule has 4 nitrogen and oxygen atoms in total. The van der Waals surface area contributed by atoms with Crippen molar-refractivity contribution in [3.05, 3.63) is 41.3 Å². The molecule has 0 aliphatic rings. The largest absolute Gasteiger partial charge is 0.466 e. The molecular weight excluding hydrogens is 278 g/mol. The summed E-state index contributed by atoms with van der Waals surface area (Å²) < 4.78 is 10.5. The van der Waals surface area contributed by atoms with Crippen LogP contribution in [-0.4, -0.2) is 17.6 Å². The highest BCUT2D eigenvalue weighted by atomic mass is 35.5. The van der Waals surface area contributed by atoms with Gasteiger partial charge in [-0.05, 0) is 31.5 Å². The van der Waals surface area contributed by atoms with E-state index in [1.54, 1.807) is 6.92 Å². The number of halogens is 1. The van der Waals surface area contributed by atoms with Crippen molar-refractivity contribution in [2.75, 3.05) is 6.61 Å². The van der Waals surface area contributed by atoms with Crippen molar-refractivity contribution in [2.24, 2.45) is 0 Å². The predicted octanol–water partition coefficient (Wildman–Crippen LogP) is 3.49. The Balaban J connectivity index is 2.13. The molecule has 2 aromatic rings. The second-order valence-electron chi connectivity index (χ2n) is 4.33. The van der Waals surface area contributed by atoms with Gasteiger partial charge in [-0.25, -0.2) is 4.98 Å². The fourth-order valence-electron chi connectivity index (χ4n) is 1.82. The first-order chi connectivity index (χ1) is 9.63. The fourth-order valence-corrected chi connectivity index (χ4v) is 2.07. The van der Waals surface area contributed by atoms with Crippen LogP contribution in [-0.2, 0) is 21.8 Å². The van der Waals surface area contributed by atoms with E-state index >= 15 is 0 Å². The van der Waals surface area contributed by atoms with E-state index in [9.17, 15) is 4.79 Å². The standard InChI is InChI=1S/C15H16ClNO3/c1-3-19-14(18)8-11-4-6-12(7-5-11)15-17-13(9-16)10(2)20-15/h4-7H,3,8-9H2,1-2H3. The van der Waals surface area contributed by atoms with Crippen LogP contribution >= 0.6 is 11.6 Å². The van der Waals surface area contributed by atoms with Gasteiger partial charge in [0, 0.05) is 5.56 Å². The summed E-state index contributed by atoms with van der Waals surface area (Å²) in [6.45, 7) is 4.03. The van der Waals surface area contributed by atoms with Crippen molar-refractivity contribution in [1.82, 2.24) is 4.98 Å². The van der Waals surface area contributed by atoms with Gasteiger partial charge in [0.2, 0.25) is 5.89 Å². The Bertz CT molecular complexity index is 590. The van der Waals surface area contributed by atoms with Crippen LogP contribution < -0.4 is 0 Å². The lowest BCUT2D eigenvalue weighted by Gasteiger charge is -2.02. The quantitative estimate of drug-likeness (QED) is 0.625. The molecule has 1 aromatic heterocycles. The van der Waals surface area contributed by atoms with Crippen LogP contribution in [0.2, 0.25) is 0 Å². The van der Waals surface area contributed by atoms with E-state index in [1.165, 1.54) is 0 Å². The average molecular weight is 294 g/mol. The zero-order valence-corrected chi connectivity index (χ0v) is 12.2. The maximum atomic E-state index is 11.4. The van der Waals surface area contributed by atoms with Crippen LogP contribution in [0.15, 0.2) is 28.7 Å². The number of esters is 1. The lowest BCUT2D eigenvalue weighted by atomic mass is 10.1. The molecule has 0 saturated heterocycles. The molecule has 1 aromatic carbocycles. The van der Waals surface area contributed by atoms with E-state index in [0.29, 0.717) is 18.4 Å². The van der Waals surface area contributed by atoms with E-state index in [-0.39, 0.29) is 12.4 Å². The Morgan fingerprint density at radius 3 is 2.60 bits per heavy atom. The van der Waals surface area contributed by atoms with Crippen molar-refractivity contribution in [1.29, 1.82) is 0 Å². The van der Waals surface area contributed by atoms with Gasteiger partial charge in [-0.2, -0.15) is 0 Å². The molecule has 0 radical (unpaired) electrons. The molecule has 0 aliphatic carbocycles. The third-order valence-electron chi connectivity index (χ3n) is 2.87. The second-order valence-corrected chi connectivity index (χ2v) is 4.60. The van der Waals surface area contributed by atoms with Crippen LogP contribution in [0.3, 0.4) is 0 Å². The summed E-state index contributed by atoms with van der Waals surface area (Å²) >= 11 is 5.77. The van der Waals surface area contributed by atoms with Gasteiger partial charge in [0.15, 0.2) is 0 Å². The summed E-state index contributed by atoms with van der Waals surface area (Å²) in [7, 11) is 0. The number of rotatable bonds is 5. The lowest BCUT2D eigenvalue weighted by Crippen LogP contribution is -2.07. The number of aryl methyl sites for hydroxylation is 1. The predicted molar refractivity (Wildman–Crippen MR) is 76.6 cm³/mol. The lowest BCUT2D eigenvalue weighted by molar-refractivity contribution is -0.142. The number of hydrogen-bond donors (Lipinski definition) is 0. The zero-order chi connectivity index (χ0) is 14.5. The van der Waals surface area contributed by atoms with Crippen molar-refractivity contribution in [3.8, 4) is 11.5 Å². The van der Waals surface area contributed by atoms with E-state index in [2.05, 4.69) is 4.98 Å². The maximum Gasteiger partial charge on any atom is 0.310 e. The highest BCUT2D eigenvalue weighted by Gasteiger charge is 2.11. The van der Waals surface area contributed by atoms with Gasteiger partial charge in [-0.3, -0.25) is 4.79 Å². The first kappa shape index (κ1) is 14.6. The Hall–Kier alpha value is -1.81. The minimum Gasteiger partial charge on any atom is -0.466 e. The maximum absolute atomic E-state index is 11.4. The molecule has 0 unspecified atom stereocenters. The number of ether oxygens (including phenoxy) is 1. The van der Waals surface area contributed by atoms with Crippen LogP contribution in [0.1, 0.15) is 23.9 Å². The molecule has 0 fully saturated rings. The smallest absolute Gasteiger partial charge is 0.310 e. The Kier molecular flexibility index (Phi) is 4.79. The van der Waals surface area contributed by atoms with Crippen molar-refractivity contribution >= 4 is 17.6 Å². The summed E-state index contributed by atoms with van der Waals surface area (Å²) in [6.07, 6.45) is 0.270. The number of oxazole rings is 1. The van der Waals surface area contributed by atoms with E-state index in [0.717, 1.165) is 22.6 Å². The molecule has 106 valence electrons. The monoisotopic (exact) mass is 293 g/mol. The summed E-state index contributed by atoms with van der Waals surface area (Å²) in [6, 6.07) is 7.48. The SMILES string of the molecule is CCOC(=O)Cc1ccc(-c2nc(CCl)c(C)o2)cc1. The summed E-state index contributed by atoms with van der Waals surface area (Å²) in [5, 5.41) is 0. The Morgan fingerprint density at radius 1 is 1.35 bits per heavy atom. The Morgan fingerprint density at radius 2 is 2.05 bits per heavy atom. The molecule has 5 heteroatoms. The molecule has 0 spiro atoms.